The fraction of sp³-hybridized carbons (Fsp3) is 0.500. The Balaban J connectivity index is 1.41. The van der Waals surface area contributed by atoms with Crippen molar-refractivity contribution in [2.75, 3.05) is 46.2 Å². The van der Waals surface area contributed by atoms with Crippen LogP contribution in [0.5, 0.6) is 5.75 Å². The molecule has 4 rings (SSSR count). The van der Waals surface area contributed by atoms with Crippen molar-refractivity contribution in [2.45, 2.75) is 37.9 Å². The number of amides is 1. The summed E-state index contributed by atoms with van der Waals surface area (Å²) in [6.45, 7) is 7.60. The predicted molar refractivity (Wildman–Crippen MR) is 131 cm³/mol. The maximum atomic E-state index is 12.8. The number of fused-ring (bicyclic) bond motifs is 1. The summed E-state index contributed by atoms with van der Waals surface area (Å²) in [6, 6.07) is 8.15. The van der Waals surface area contributed by atoms with E-state index in [4.69, 9.17) is 9.47 Å². The van der Waals surface area contributed by atoms with E-state index in [0.717, 1.165) is 41.4 Å². The van der Waals surface area contributed by atoms with Gasteiger partial charge < -0.3 is 14.8 Å². The number of carbonyl (C=O) groups excluding carboxylic acids is 1. The largest absolute Gasteiger partial charge is 0.497 e. The van der Waals surface area contributed by atoms with E-state index in [0.29, 0.717) is 43.5 Å². The van der Waals surface area contributed by atoms with Crippen LogP contribution in [0.1, 0.15) is 35.0 Å². The number of nitrogens with one attached hydrogen (secondary N) is 1. The van der Waals surface area contributed by atoms with Crippen molar-refractivity contribution in [1.82, 2.24) is 29.8 Å². The molecule has 1 aliphatic rings. The molecule has 1 aromatic carbocycles. The Bertz CT molecular complexity index is 1130. The van der Waals surface area contributed by atoms with Crippen LogP contribution in [0.4, 0.5) is 0 Å². The summed E-state index contributed by atoms with van der Waals surface area (Å²) in [6.07, 6.45) is 2.93. The highest BCUT2D eigenvalue weighted by Crippen LogP contribution is 2.24. The van der Waals surface area contributed by atoms with Crippen LogP contribution in [-0.2, 0) is 16.0 Å². The van der Waals surface area contributed by atoms with Gasteiger partial charge in [-0.05, 0) is 49.8 Å². The third-order valence-electron chi connectivity index (χ3n) is 6.29. The van der Waals surface area contributed by atoms with Gasteiger partial charge in [0.2, 0.25) is 11.1 Å². The lowest BCUT2D eigenvalue weighted by atomic mass is 10.0. The van der Waals surface area contributed by atoms with Crippen LogP contribution < -0.4 is 10.1 Å². The lowest BCUT2D eigenvalue weighted by Crippen LogP contribution is -2.43. The minimum atomic E-state index is 0.0223. The number of carbonyl (C=O) groups is 1. The third kappa shape index (κ3) is 5.51. The lowest BCUT2D eigenvalue weighted by Gasteiger charge is -2.35. The maximum absolute atomic E-state index is 12.8. The minimum Gasteiger partial charge on any atom is -0.497 e. The van der Waals surface area contributed by atoms with E-state index in [9.17, 15) is 4.79 Å². The van der Waals surface area contributed by atoms with E-state index in [1.165, 1.54) is 11.8 Å². The summed E-state index contributed by atoms with van der Waals surface area (Å²) in [4.78, 5) is 24.2. The molecule has 9 nitrogen and oxygen atoms in total. The standard InChI is InChI=1S/C24H32N6O3S/c1-16-20(17(2)30-23(26-16)27-24(28-30)34-4)9-10-22(31)25-15-21(29-11-13-33-14-12-29)18-5-7-19(32-3)8-6-18/h5-8,21H,9-15H2,1-4H3,(H,25,31). The van der Waals surface area contributed by atoms with Crippen molar-refractivity contribution in [3.05, 3.63) is 46.8 Å². The van der Waals surface area contributed by atoms with Crippen LogP contribution >= 0.6 is 11.8 Å². The van der Waals surface area contributed by atoms with Crippen LogP contribution in [0, 0.1) is 13.8 Å². The first-order valence-electron chi connectivity index (χ1n) is 11.5. The highest BCUT2D eigenvalue weighted by atomic mass is 32.2. The van der Waals surface area contributed by atoms with E-state index in [2.05, 4.69) is 37.4 Å². The fourth-order valence-corrected chi connectivity index (χ4v) is 4.68. The Morgan fingerprint density at radius 2 is 1.94 bits per heavy atom. The number of aromatic nitrogens is 4. The number of morpholine rings is 1. The molecule has 1 atom stereocenters. The monoisotopic (exact) mass is 484 g/mol. The number of nitrogens with zero attached hydrogens (tertiary/aromatic N) is 5. The van der Waals surface area contributed by atoms with Gasteiger partial charge in [-0.3, -0.25) is 9.69 Å². The van der Waals surface area contributed by atoms with E-state index in [1.54, 1.807) is 11.6 Å². The summed E-state index contributed by atoms with van der Waals surface area (Å²) in [5.74, 6) is 1.44. The van der Waals surface area contributed by atoms with E-state index in [-0.39, 0.29) is 11.9 Å². The van der Waals surface area contributed by atoms with Crippen molar-refractivity contribution in [3.63, 3.8) is 0 Å². The molecular weight excluding hydrogens is 452 g/mol. The normalized spacial score (nSPS) is 15.4. The highest BCUT2D eigenvalue weighted by molar-refractivity contribution is 7.98. The molecule has 10 heteroatoms. The Morgan fingerprint density at radius 3 is 2.62 bits per heavy atom. The molecule has 0 spiro atoms. The molecule has 34 heavy (non-hydrogen) atoms. The number of rotatable bonds is 9. The molecule has 2 aromatic heterocycles. The van der Waals surface area contributed by atoms with Crippen LogP contribution in [0.3, 0.4) is 0 Å². The summed E-state index contributed by atoms with van der Waals surface area (Å²) >= 11 is 1.49. The van der Waals surface area contributed by atoms with Crippen LogP contribution in [-0.4, -0.2) is 76.6 Å². The Kier molecular flexibility index (Phi) is 8.02. The summed E-state index contributed by atoms with van der Waals surface area (Å²) in [5.41, 5.74) is 4.06. The van der Waals surface area contributed by atoms with E-state index < -0.39 is 0 Å². The molecule has 0 saturated carbocycles. The van der Waals surface area contributed by atoms with Crippen LogP contribution in [0.2, 0.25) is 0 Å². The first-order valence-corrected chi connectivity index (χ1v) is 12.7. The Labute approximate surface area is 204 Å². The second kappa shape index (κ2) is 11.2. The second-order valence-corrected chi connectivity index (χ2v) is 9.09. The van der Waals surface area contributed by atoms with Crippen molar-refractivity contribution < 1.29 is 14.3 Å². The first kappa shape index (κ1) is 24.4. The van der Waals surface area contributed by atoms with E-state index >= 15 is 0 Å². The van der Waals surface area contributed by atoms with E-state index in [1.807, 2.05) is 32.2 Å². The quantitative estimate of drug-likeness (QED) is 0.463. The zero-order chi connectivity index (χ0) is 24.1. The SMILES string of the molecule is COc1ccc(C(CNC(=O)CCc2c(C)nc3nc(SC)nn3c2C)N2CCOCC2)cc1. The molecule has 0 bridgehead atoms. The second-order valence-electron chi connectivity index (χ2n) is 8.31. The lowest BCUT2D eigenvalue weighted by molar-refractivity contribution is -0.121. The van der Waals surface area contributed by atoms with Crippen LogP contribution in [0.15, 0.2) is 29.4 Å². The van der Waals surface area contributed by atoms with Gasteiger partial charge in [0.1, 0.15) is 5.75 Å². The molecule has 0 aliphatic carbocycles. The number of thioether (sulfide) groups is 1. The molecule has 0 radical (unpaired) electrons. The molecule has 1 aliphatic heterocycles. The zero-order valence-electron chi connectivity index (χ0n) is 20.2. The molecule has 1 saturated heterocycles. The zero-order valence-corrected chi connectivity index (χ0v) is 21.0. The summed E-state index contributed by atoms with van der Waals surface area (Å²) in [7, 11) is 1.66. The number of ether oxygens (including phenoxy) is 2. The van der Waals surface area contributed by atoms with Gasteiger partial charge in [-0.15, -0.1) is 5.10 Å². The fourth-order valence-electron chi connectivity index (χ4n) is 4.35. The number of aryl methyl sites for hydroxylation is 2. The van der Waals surface area contributed by atoms with Gasteiger partial charge in [0.15, 0.2) is 0 Å². The predicted octanol–water partition coefficient (Wildman–Crippen LogP) is 2.59. The first-order chi connectivity index (χ1) is 16.5. The molecule has 1 fully saturated rings. The molecule has 1 unspecified atom stereocenters. The van der Waals surface area contributed by atoms with Gasteiger partial charge in [0.25, 0.3) is 5.78 Å². The van der Waals surface area contributed by atoms with Crippen molar-refractivity contribution >= 4 is 23.4 Å². The van der Waals surface area contributed by atoms with Crippen molar-refractivity contribution in [2.24, 2.45) is 0 Å². The van der Waals surface area contributed by atoms with Crippen molar-refractivity contribution in [1.29, 1.82) is 0 Å². The van der Waals surface area contributed by atoms with Gasteiger partial charge in [-0.25, -0.2) is 9.50 Å². The average molecular weight is 485 g/mol. The smallest absolute Gasteiger partial charge is 0.253 e. The molecule has 3 heterocycles. The molecule has 1 N–H and O–H groups in total. The average Bonchev–Trinajstić information content (AvgIpc) is 3.28. The van der Waals surface area contributed by atoms with Gasteiger partial charge in [-0.2, -0.15) is 4.98 Å². The molecule has 3 aromatic rings. The Morgan fingerprint density at radius 1 is 1.21 bits per heavy atom. The maximum Gasteiger partial charge on any atom is 0.253 e. The van der Waals surface area contributed by atoms with Gasteiger partial charge in [-0.1, -0.05) is 23.9 Å². The molecule has 182 valence electrons. The number of benzene rings is 1. The molecule has 1 amide bonds. The van der Waals surface area contributed by atoms with Crippen LogP contribution in [0.25, 0.3) is 5.78 Å². The topological polar surface area (TPSA) is 93.9 Å². The summed E-state index contributed by atoms with van der Waals surface area (Å²) < 4.78 is 12.6. The Hall–Kier alpha value is -2.69. The number of hydrogen-bond acceptors (Lipinski definition) is 8. The number of hydrogen-bond donors (Lipinski definition) is 1. The number of methoxy groups -OCH3 is 1. The highest BCUT2D eigenvalue weighted by Gasteiger charge is 2.23. The van der Waals surface area contributed by atoms with Gasteiger partial charge >= 0.3 is 0 Å². The third-order valence-corrected chi connectivity index (χ3v) is 6.83. The van der Waals surface area contributed by atoms with Crippen molar-refractivity contribution in [3.8, 4) is 5.75 Å². The summed E-state index contributed by atoms with van der Waals surface area (Å²) in [5, 5.41) is 8.35. The molecular formula is C24H32N6O3S. The minimum absolute atomic E-state index is 0.0223. The van der Waals surface area contributed by atoms with Gasteiger partial charge in [0, 0.05) is 37.4 Å². The van der Waals surface area contributed by atoms with Gasteiger partial charge in [0.05, 0.1) is 26.4 Å².